The molecule has 0 bridgehead atoms. The van der Waals surface area contributed by atoms with E-state index in [1.54, 1.807) is 0 Å². The molecule has 15 heavy (non-hydrogen) atoms. The molecule has 1 aromatic rings. The average molecular weight is 207 g/mol. The lowest BCUT2D eigenvalue weighted by molar-refractivity contribution is -0.143. The third-order valence-electron chi connectivity index (χ3n) is 2.08. The molecule has 0 amide bonds. The van der Waals surface area contributed by atoms with E-state index in [4.69, 9.17) is 10.5 Å². The molecule has 0 unspecified atom stereocenters. The lowest BCUT2D eigenvalue weighted by Crippen LogP contribution is -2.12. The molecule has 3 heteroatoms. The quantitative estimate of drug-likeness (QED) is 0.743. The van der Waals surface area contributed by atoms with E-state index >= 15 is 0 Å². The topological polar surface area (TPSA) is 52.3 Å². The number of ether oxygens (including phenoxy) is 1. The van der Waals surface area contributed by atoms with Crippen molar-refractivity contribution in [2.24, 2.45) is 5.73 Å². The summed E-state index contributed by atoms with van der Waals surface area (Å²) >= 11 is 0. The van der Waals surface area contributed by atoms with Crippen molar-refractivity contribution < 1.29 is 9.53 Å². The van der Waals surface area contributed by atoms with Gasteiger partial charge < -0.3 is 10.5 Å². The standard InChI is InChI=1S/C12H17NO2/c1-10-3-2-4-11(9-10)6-8-15-12(14)5-7-13/h2-4,9H,5-8,13H2,1H3. The minimum atomic E-state index is -0.217. The fraction of sp³-hybridized carbons (Fsp3) is 0.417. The van der Waals surface area contributed by atoms with Crippen LogP contribution in [-0.4, -0.2) is 19.1 Å². The van der Waals surface area contributed by atoms with Crippen LogP contribution in [0.4, 0.5) is 0 Å². The third-order valence-corrected chi connectivity index (χ3v) is 2.08. The molecule has 0 aliphatic heterocycles. The molecule has 0 saturated heterocycles. The summed E-state index contributed by atoms with van der Waals surface area (Å²) in [6.07, 6.45) is 1.06. The molecule has 0 saturated carbocycles. The number of rotatable bonds is 5. The minimum Gasteiger partial charge on any atom is -0.465 e. The highest BCUT2D eigenvalue weighted by atomic mass is 16.5. The zero-order chi connectivity index (χ0) is 11.1. The van der Waals surface area contributed by atoms with E-state index in [2.05, 4.69) is 6.07 Å². The summed E-state index contributed by atoms with van der Waals surface area (Å²) in [6, 6.07) is 8.18. The first-order chi connectivity index (χ1) is 7.22. The van der Waals surface area contributed by atoms with Gasteiger partial charge in [-0.2, -0.15) is 0 Å². The normalized spacial score (nSPS) is 10.0. The average Bonchev–Trinajstić information content (AvgIpc) is 2.18. The van der Waals surface area contributed by atoms with E-state index in [1.165, 1.54) is 11.1 Å². The molecule has 0 radical (unpaired) electrons. The Kier molecular flexibility index (Phi) is 4.84. The summed E-state index contributed by atoms with van der Waals surface area (Å²) in [5.41, 5.74) is 7.64. The highest BCUT2D eigenvalue weighted by molar-refractivity contribution is 5.69. The summed E-state index contributed by atoms with van der Waals surface area (Å²) in [6.45, 7) is 2.83. The van der Waals surface area contributed by atoms with Crippen molar-refractivity contribution in [3.05, 3.63) is 35.4 Å². The van der Waals surface area contributed by atoms with Gasteiger partial charge in [0.2, 0.25) is 0 Å². The Morgan fingerprint density at radius 3 is 2.93 bits per heavy atom. The van der Waals surface area contributed by atoms with Gasteiger partial charge in [-0.05, 0) is 12.5 Å². The van der Waals surface area contributed by atoms with E-state index in [0.29, 0.717) is 19.6 Å². The summed E-state index contributed by atoms with van der Waals surface area (Å²) in [5, 5.41) is 0. The molecule has 0 atom stereocenters. The van der Waals surface area contributed by atoms with Gasteiger partial charge in [0.1, 0.15) is 0 Å². The van der Waals surface area contributed by atoms with Crippen molar-refractivity contribution >= 4 is 5.97 Å². The zero-order valence-electron chi connectivity index (χ0n) is 9.03. The van der Waals surface area contributed by atoms with Crippen LogP contribution in [0.3, 0.4) is 0 Å². The maximum Gasteiger partial charge on any atom is 0.307 e. The van der Waals surface area contributed by atoms with E-state index < -0.39 is 0 Å². The number of aryl methyl sites for hydroxylation is 1. The number of hydrogen-bond donors (Lipinski definition) is 1. The Morgan fingerprint density at radius 1 is 1.47 bits per heavy atom. The summed E-state index contributed by atoms with van der Waals surface area (Å²) < 4.78 is 5.01. The van der Waals surface area contributed by atoms with Crippen LogP contribution in [0.2, 0.25) is 0 Å². The summed E-state index contributed by atoms with van der Waals surface area (Å²) in [7, 11) is 0. The lowest BCUT2D eigenvalue weighted by Gasteiger charge is -2.04. The molecule has 2 N–H and O–H groups in total. The van der Waals surface area contributed by atoms with E-state index in [1.807, 2.05) is 25.1 Å². The number of hydrogen-bond acceptors (Lipinski definition) is 3. The second-order valence-electron chi connectivity index (χ2n) is 3.50. The fourth-order valence-electron chi connectivity index (χ4n) is 1.34. The monoisotopic (exact) mass is 207 g/mol. The van der Waals surface area contributed by atoms with Crippen molar-refractivity contribution in [3.8, 4) is 0 Å². The predicted octanol–water partition coefficient (Wildman–Crippen LogP) is 1.43. The van der Waals surface area contributed by atoms with Gasteiger partial charge in [0.05, 0.1) is 13.0 Å². The minimum absolute atomic E-state index is 0.217. The van der Waals surface area contributed by atoms with Crippen LogP contribution in [0.15, 0.2) is 24.3 Å². The lowest BCUT2D eigenvalue weighted by atomic mass is 10.1. The van der Waals surface area contributed by atoms with Gasteiger partial charge in [-0.1, -0.05) is 29.8 Å². The predicted molar refractivity (Wildman–Crippen MR) is 59.5 cm³/mol. The van der Waals surface area contributed by atoms with Crippen molar-refractivity contribution in [2.45, 2.75) is 19.8 Å². The second-order valence-corrected chi connectivity index (χ2v) is 3.50. The van der Waals surface area contributed by atoms with Gasteiger partial charge in [-0.3, -0.25) is 4.79 Å². The van der Waals surface area contributed by atoms with Gasteiger partial charge in [-0.15, -0.1) is 0 Å². The van der Waals surface area contributed by atoms with Gasteiger partial charge in [0.15, 0.2) is 0 Å². The van der Waals surface area contributed by atoms with Crippen molar-refractivity contribution in [2.75, 3.05) is 13.2 Å². The number of benzene rings is 1. The third kappa shape index (κ3) is 4.61. The Balaban J connectivity index is 2.28. The molecule has 82 valence electrons. The van der Waals surface area contributed by atoms with Crippen molar-refractivity contribution in [3.63, 3.8) is 0 Å². The van der Waals surface area contributed by atoms with Gasteiger partial charge >= 0.3 is 5.97 Å². The van der Waals surface area contributed by atoms with E-state index in [9.17, 15) is 4.79 Å². The molecule has 1 rings (SSSR count). The molecule has 0 heterocycles. The van der Waals surface area contributed by atoms with Crippen LogP contribution in [0, 0.1) is 6.92 Å². The maximum atomic E-state index is 11.0. The molecule has 0 spiro atoms. The number of nitrogens with two attached hydrogens (primary N) is 1. The smallest absolute Gasteiger partial charge is 0.307 e. The Hall–Kier alpha value is -1.35. The van der Waals surface area contributed by atoms with Crippen LogP contribution in [0.5, 0.6) is 0 Å². The first kappa shape index (κ1) is 11.7. The van der Waals surface area contributed by atoms with Crippen molar-refractivity contribution in [1.82, 2.24) is 0 Å². The molecule has 0 fully saturated rings. The largest absolute Gasteiger partial charge is 0.465 e. The molecule has 0 aromatic heterocycles. The summed E-state index contributed by atoms with van der Waals surface area (Å²) in [4.78, 5) is 11.0. The fourth-order valence-corrected chi connectivity index (χ4v) is 1.34. The van der Waals surface area contributed by atoms with Crippen LogP contribution < -0.4 is 5.73 Å². The van der Waals surface area contributed by atoms with E-state index in [0.717, 1.165) is 6.42 Å². The molecular formula is C12H17NO2. The number of esters is 1. The van der Waals surface area contributed by atoms with Gasteiger partial charge in [-0.25, -0.2) is 0 Å². The van der Waals surface area contributed by atoms with Crippen LogP contribution in [0.25, 0.3) is 0 Å². The highest BCUT2D eigenvalue weighted by Crippen LogP contribution is 2.04. The molecule has 0 aliphatic carbocycles. The van der Waals surface area contributed by atoms with Gasteiger partial charge in [0.25, 0.3) is 0 Å². The molecule has 3 nitrogen and oxygen atoms in total. The molecule has 0 aliphatic rings. The first-order valence-corrected chi connectivity index (χ1v) is 5.13. The highest BCUT2D eigenvalue weighted by Gasteiger charge is 2.00. The van der Waals surface area contributed by atoms with Gasteiger partial charge in [0, 0.05) is 13.0 Å². The van der Waals surface area contributed by atoms with E-state index in [-0.39, 0.29) is 5.97 Å². The number of carbonyl (C=O) groups excluding carboxylic acids is 1. The maximum absolute atomic E-state index is 11.0. The SMILES string of the molecule is Cc1cccc(CCOC(=O)CCN)c1. The first-order valence-electron chi connectivity index (χ1n) is 5.13. The molecular weight excluding hydrogens is 190 g/mol. The Labute approximate surface area is 90.2 Å². The van der Waals surface area contributed by atoms with Crippen LogP contribution in [0.1, 0.15) is 17.5 Å². The Morgan fingerprint density at radius 2 is 2.27 bits per heavy atom. The number of carbonyl (C=O) groups is 1. The van der Waals surface area contributed by atoms with Crippen LogP contribution in [-0.2, 0) is 16.0 Å². The molecule has 1 aromatic carbocycles. The Bertz CT molecular complexity index is 323. The second kappa shape index (κ2) is 6.19. The zero-order valence-corrected chi connectivity index (χ0v) is 9.03. The van der Waals surface area contributed by atoms with Crippen molar-refractivity contribution in [1.29, 1.82) is 0 Å². The van der Waals surface area contributed by atoms with Crippen LogP contribution >= 0.6 is 0 Å². The summed E-state index contributed by atoms with van der Waals surface area (Å²) in [5.74, 6) is -0.217.